The van der Waals surface area contributed by atoms with Crippen LogP contribution < -0.4 is 5.32 Å². The van der Waals surface area contributed by atoms with Crippen LogP contribution in [0.5, 0.6) is 0 Å². The minimum absolute atomic E-state index is 0.302. The largest absolute Gasteiger partial charge is 0.413 e. The Morgan fingerprint density at radius 3 is 2.55 bits per heavy atom. The van der Waals surface area contributed by atoms with Crippen LogP contribution in [-0.4, -0.2) is 27.1 Å². The van der Waals surface area contributed by atoms with Crippen LogP contribution in [0.3, 0.4) is 0 Å². The Balaban J connectivity index is 2.82. The maximum absolute atomic E-state index is 11.9. The van der Waals surface area contributed by atoms with E-state index in [0.29, 0.717) is 4.88 Å². The van der Waals surface area contributed by atoms with Gasteiger partial charge in [0.1, 0.15) is 4.21 Å². The van der Waals surface area contributed by atoms with Crippen molar-refractivity contribution in [1.82, 2.24) is 5.32 Å². The average molecular weight is 331 g/mol. The van der Waals surface area contributed by atoms with Gasteiger partial charge in [-0.3, -0.25) is 8.98 Å². The van der Waals surface area contributed by atoms with E-state index in [4.69, 9.17) is 0 Å². The Labute approximate surface area is 117 Å². The minimum Gasteiger partial charge on any atom is -0.349 e. The van der Waals surface area contributed by atoms with E-state index in [1.165, 1.54) is 13.0 Å². The molecule has 1 amide bonds. The van der Waals surface area contributed by atoms with Crippen molar-refractivity contribution in [2.45, 2.75) is 30.3 Å². The highest BCUT2D eigenvalue weighted by molar-refractivity contribution is 7.89. The first-order chi connectivity index (χ1) is 9.01. The van der Waals surface area contributed by atoms with E-state index < -0.39 is 28.9 Å². The Bertz CT molecular complexity index is 580. The van der Waals surface area contributed by atoms with Gasteiger partial charge in [0.05, 0.1) is 6.04 Å². The normalized spacial score (nSPS) is 14.1. The van der Waals surface area contributed by atoms with Crippen molar-refractivity contribution >= 4 is 27.4 Å². The monoisotopic (exact) mass is 331 g/mol. The second-order valence-corrected chi connectivity index (χ2v) is 6.87. The number of alkyl halides is 3. The zero-order valence-corrected chi connectivity index (χ0v) is 12.2. The molecule has 1 N–H and O–H groups in total. The van der Waals surface area contributed by atoms with Crippen LogP contribution in [0, 0.1) is 0 Å². The summed E-state index contributed by atoms with van der Waals surface area (Å²) >= 11 is 0.745. The van der Waals surface area contributed by atoms with Gasteiger partial charge in [-0.15, -0.1) is 11.3 Å². The third-order valence-corrected chi connectivity index (χ3v) is 5.05. The molecule has 20 heavy (non-hydrogen) atoms. The number of hydrogen-bond donors (Lipinski definition) is 1. The summed E-state index contributed by atoms with van der Waals surface area (Å²) in [5.74, 6) is -0.302. The fourth-order valence-electron chi connectivity index (χ4n) is 1.28. The Morgan fingerprint density at radius 2 is 2.05 bits per heavy atom. The predicted molar refractivity (Wildman–Crippen MR) is 65.7 cm³/mol. The molecule has 1 aromatic rings. The second kappa shape index (κ2) is 6.10. The van der Waals surface area contributed by atoms with Gasteiger partial charge < -0.3 is 5.32 Å². The molecule has 1 heterocycles. The number of carbonyl (C=O) groups is 1. The van der Waals surface area contributed by atoms with E-state index in [9.17, 15) is 26.4 Å². The van der Waals surface area contributed by atoms with Crippen LogP contribution in [0.4, 0.5) is 13.2 Å². The smallest absolute Gasteiger partial charge is 0.349 e. The Kier molecular flexibility index (Phi) is 5.16. The Hall–Kier alpha value is -1.13. The Morgan fingerprint density at radius 1 is 1.45 bits per heavy atom. The summed E-state index contributed by atoms with van der Waals surface area (Å²) in [6, 6.07) is 2.11. The van der Waals surface area contributed by atoms with Gasteiger partial charge in [-0.2, -0.15) is 21.6 Å². The maximum atomic E-state index is 11.9. The van der Waals surface area contributed by atoms with E-state index >= 15 is 0 Å². The predicted octanol–water partition coefficient (Wildman–Crippen LogP) is 2.21. The molecule has 0 radical (unpaired) electrons. The topological polar surface area (TPSA) is 72.5 Å². The molecule has 0 aliphatic carbocycles. The molecule has 1 aromatic heterocycles. The molecule has 0 saturated carbocycles. The van der Waals surface area contributed by atoms with Crippen LogP contribution >= 0.6 is 11.3 Å². The van der Waals surface area contributed by atoms with Crippen molar-refractivity contribution in [2.75, 3.05) is 6.61 Å². The quantitative estimate of drug-likeness (QED) is 0.840. The highest BCUT2D eigenvalue weighted by atomic mass is 32.3. The third kappa shape index (κ3) is 5.10. The lowest BCUT2D eigenvalue weighted by Gasteiger charge is -2.09. The van der Waals surface area contributed by atoms with Gasteiger partial charge in [0.25, 0.3) is 0 Å². The molecule has 0 bridgehead atoms. The first kappa shape index (κ1) is 16.9. The minimum atomic E-state index is -4.73. The van der Waals surface area contributed by atoms with E-state index in [0.717, 1.165) is 17.4 Å². The van der Waals surface area contributed by atoms with Crippen LogP contribution in [0.1, 0.15) is 24.8 Å². The number of thiophene rings is 1. The van der Waals surface area contributed by atoms with Crippen molar-refractivity contribution in [3.8, 4) is 0 Å². The summed E-state index contributed by atoms with van der Waals surface area (Å²) in [7, 11) is -4.45. The standard InChI is InChI=1S/C10H12F3NO4S2/c1-6(14-7(2)15)8-3-4-9(19-8)20(16,17)18-5-10(11,12)13/h3-4,6H,5H2,1-2H3,(H,14,15)/t6-/m1/s1. The highest BCUT2D eigenvalue weighted by Gasteiger charge is 2.32. The van der Waals surface area contributed by atoms with Gasteiger partial charge >= 0.3 is 16.3 Å². The summed E-state index contributed by atoms with van der Waals surface area (Å²) in [4.78, 5) is 11.4. The zero-order chi connectivity index (χ0) is 15.6. The number of carbonyl (C=O) groups excluding carboxylic acids is 1. The molecule has 0 aliphatic heterocycles. The highest BCUT2D eigenvalue weighted by Crippen LogP contribution is 2.28. The van der Waals surface area contributed by atoms with Crippen LogP contribution in [0.25, 0.3) is 0 Å². The summed E-state index contributed by atoms with van der Waals surface area (Å²) in [5, 5.41) is 2.54. The summed E-state index contributed by atoms with van der Waals surface area (Å²) in [5.41, 5.74) is 0. The van der Waals surface area contributed by atoms with Crippen molar-refractivity contribution in [1.29, 1.82) is 0 Å². The SMILES string of the molecule is CC(=O)N[C@H](C)c1ccc(S(=O)(=O)OCC(F)(F)F)s1. The molecule has 0 aromatic carbocycles. The third-order valence-electron chi connectivity index (χ3n) is 2.07. The number of hydrogen-bond acceptors (Lipinski definition) is 5. The first-order valence-corrected chi connectivity index (χ1v) is 7.57. The first-order valence-electron chi connectivity index (χ1n) is 5.34. The molecule has 0 unspecified atom stereocenters. The molecule has 5 nitrogen and oxygen atoms in total. The molecule has 0 spiro atoms. The fraction of sp³-hybridized carbons (Fsp3) is 0.500. The second-order valence-electron chi connectivity index (χ2n) is 3.91. The number of nitrogens with one attached hydrogen (secondary N) is 1. The zero-order valence-electron chi connectivity index (χ0n) is 10.5. The molecule has 1 rings (SSSR count). The van der Waals surface area contributed by atoms with Crippen LogP contribution in [0.15, 0.2) is 16.3 Å². The van der Waals surface area contributed by atoms with Gasteiger partial charge in [-0.25, -0.2) is 0 Å². The van der Waals surface area contributed by atoms with Gasteiger partial charge in [0.15, 0.2) is 6.61 Å². The van der Waals surface area contributed by atoms with Crippen LogP contribution in [0.2, 0.25) is 0 Å². The van der Waals surface area contributed by atoms with Crippen molar-refractivity contribution in [2.24, 2.45) is 0 Å². The van der Waals surface area contributed by atoms with Crippen molar-refractivity contribution < 1.29 is 30.6 Å². The average Bonchev–Trinajstić information content (AvgIpc) is 2.74. The van der Waals surface area contributed by atoms with E-state index in [-0.39, 0.29) is 10.1 Å². The van der Waals surface area contributed by atoms with E-state index in [1.807, 2.05) is 0 Å². The lowest BCUT2D eigenvalue weighted by molar-refractivity contribution is -0.152. The molecule has 0 fully saturated rings. The molecular weight excluding hydrogens is 319 g/mol. The van der Waals surface area contributed by atoms with Crippen molar-refractivity contribution in [3.63, 3.8) is 0 Å². The molecule has 114 valence electrons. The lowest BCUT2D eigenvalue weighted by Crippen LogP contribution is -2.22. The molecule has 1 atom stereocenters. The fourth-order valence-corrected chi connectivity index (χ4v) is 3.50. The lowest BCUT2D eigenvalue weighted by atomic mass is 10.3. The van der Waals surface area contributed by atoms with Crippen LogP contribution in [-0.2, 0) is 19.1 Å². The van der Waals surface area contributed by atoms with Crippen molar-refractivity contribution in [3.05, 3.63) is 17.0 Å². The summed E-state index contributed by atoms with van der Waals surface area (Å²) in [6.45, 7) is 1.05. The molecular formula is C10H12F3NO4S2. The number of halogens is 3. The maximum Gasteiger partial charge on any atom is 0.413 e. The van der Waals surface area contributed by atoms with E-state index in [1.54, 1.807) is 6.92 Å². The molecule has 10 heteroatoms. The summed E-state index contributed by atoms with van der Waals surface area (Å²) in [6.07, 6.45) is -4.73. The van der Waals surface area contributed by atoms with Gasteiger partial charge in [-0.1, -0.05) is 0 Å². The van der Waals surface area contributed by atoms with Gasteiger partial charge in [0.2, 0.25) is 5.91 Å². The molecule has 0 saturated heterocycles. The number of rotatable bonds is 5. The van der Waals surface area contributed by atoms with Gasteiger partial charge in [0, 0.05) is 11.8 Å². The van der Waals surface area contributed by atoms with Gasteiger partial charge in [-0.05, 0) is 19.1 Å². The summed E-state index contributed by atoms with van der Waals surface area (Å²) < 4.78 is 62.5. The van der Waals surface area contributed by atoms with E-state index in [2.05, 4.69) is 9.50 Å². The molecule has 0 aliphatic rings. The number of amides is 1.